The zero-order valence-corrected chi connectivity index (χ0v) is 15.8. The third kappa shape index (κ3) is 5.91. The van der Waals surface area contributed by atoms with Crippen molar-refractivity contribution in [2.45, 2.75) is 40.7 Å². The van der Waals surface area contributed by atoms with Crippen molar-refractivity contribution in [2.75, 3.05) is 18.4 Å². The maximum Gasteiger partial charge on any atom is 0.246 e. The molecule has 0 spiro atoms. The number of carbonyl (C=O) groups is 1. The van der Waals surface area contributed by atoms with E-state index in [1.165, 1.54) is 5.56 Å². The third-order valence-electron chi connectivity index (χ3n) is 3.82. The van der Waals surface area contributed by atoms with E-state index in [0.717, 1.165) is 23.6 Å². The van der Waals surface area contributed by atoms with Crippen LogP contribution in [0.25, 0.3) is 0 Å². The molecule has 0 aliphatic rings. The maximum atomic E-state index is 12.1. The average molecular weight is 357 g/mol. The van der Waals surface area contributed by atoms with E-state index in [0.29, 0.717) is 24.9 Å². The standard InChI is InChI=1S/C19H27N5O2/c1-5-15-8-7-9-16(10-15)24-17(25)11-21-19(20-6-2)22-12-18-23-13(3)14(4)26-18/h7-10H,5-6,11-12H2,1-4H3,(H,24,25)(H2,20,21,22). The molecule has 26 heavy (non-hydrogen) atoms. The van der Waals surface area contributed by atoms with Crippen LogP contribution in [-0.4, -0.2) is 29.9 Å². The lowest BCUT2D eigenvalue weighted by molar-refractivity contribution is -0.114. The van der Waals surface area contributed by atoms with Crippen molar-refractivity contribution in [3.8, 4) is 0 Å². The molecule has 0 radical (unpaired) electrons. The van der Waals surface area contributed by atoms with E-state index >= 15 is 0 Å². The summed E-state index contributed by atoms with van der Waals surface area (Å²) in [6.45, 7) is 8.94. The monoisotopic (exact) mass is 357 g/mol. The van der Waals surface area contributed by atoms with Crippen LogP contribution in [0.1, 0.15) is 36.8 Å². The van der Waals surface area contributed by atoms with E-state index in [9.17, 15) is 4.79 Å². The van der Waals surface area contributed by atoms with E-state index in [1.54, 1.807) is 0 Å². The molecule has 140 valence electrons. The number of aromatic nitrogens is 1. The second-order valence-electron chi connectivity index (χ2n) is 5.90. The number of oxazole rings is 1. The van der Waals surface area contributed by atoms with Crippen LogP contribution in [0.5, 0.6) is 0 Å². The van der Waals surface area contributed by atoms with Crippen LogP contribution in [0, 0.1) is 13.8 Å². The predicted molar refractivity (Wildman–Crippen MR) is 103 cm³/mol. The van der Waals surface area contributed by atoms with Gasteiger partial charge in [0, 0.05) is 12.2 Å². The molecule has 1 amide bonds. The van der Waals surface area contributed by atoms with Crippen LogP contribution < -0.4 is 16.0 Å². The summed E-state index contributed by atoms with van der Waals surface area (Å²) in [5.41, 5.74) is 2.84. The normalized spacial score (nSPS) is 11.3. The first kappa shape index (κ1) is 19.5. The molecule has 2 rings (SSSR count). The number of guanidine groups is 1. The predicted octanol–water partition coefficient (Wildman–Crippen LogP) is 2.55. The molecule has 0 saturated heterocycles. The van der Waals surface area contributed by atoms with Crippen molar-refractivity contribution in [2.24, 2.45) is 4.99 Å². The number of nitrogens with zero attached hydrogens (tertiary/aromatic N) is 2. The Morgan fingerprint density at radius 2 is 2.04 bits per heavy atom. The molecule has 7 nitrogen and oxygen atoms in total. The largest absolute Gasteiger partial charge is 0.444 e. The second kappa shape index (κ2) is 9.60. The first-order valence-corrected chi connectivity index (χ1v) is 8.85. The molecule has 0 atom stereocenters. The van der Waals surface area contributed by atoms with Gasteiger partial charge in [-0.3, -0.25) is 4.79 Å². The highest BCUT2D eigenvalue weighted by Crippen LogP contribution is 2.11. The van der Waals surface area contributed by atoms with Gasteiger partial charge in [0.25, 0.3) is 0 Å². The van der Waals surface area contributed by atoms with Crippen molar-refractivity contribution in [3.05, 3.63) is 47.2 Å². The van der Waals surface area contributed by atoms with Gasteiger partial charge in [-0.05, 0) is 44.9 Å². The van der Waals surface area contributed by atoms with Crippen molar-refractivity contribution < 1.29 is 9.21 Å². The number of anilines is 1. The average Bonchev–Trinajstić information content (AvgIpc) is 2.95. The zero-order chi connectivity index (χ0) is 18.9. The Morgan fingerprint density at radius 1 is 1.23 bits per heavy atom. The summed E-state index contributed by atoms with van der Waals surface area (Å²) in [6.07, 6.45) is 0.927. The maximum absolute atomic E-state index is 12.1. The molecule has 0 unspecified atom stereocenters. The van der Waals surface area contributed by atoms with Gasteiger partial charge in [-0.15, -0.1) is 0 Å². The van der Waals surface area contributed by atoms with Crippen LogP contribution >= 0.6 is 0 Å². The topological polar surface area (TPSA) is 91.5 Å². The van der Waals surface area contributed by atoms with Gasteiger partial charge in [-0.2, -0.15) is 0 Å². The van der Waals surface area contributed by atoms with E-state index in [-0.39, 0.29) is 12.5 Å². The lowest BCUT2D eigenvalue weighted by Gasteiger charge is -2.10. The number of benzene rings is 1. The Kier molecular flexibility index (Phi) is 7.20. The fourth-order valence-corrected chi connectivity index (χ4v) is 2.34. The van der Waals surface area contributed by atoms with Crippen LogP contribution in [0.15, 0.2) is 33.7 Å². The first-order valence-electron chi connectivity index (χ1n) is 8.85. The van der Waals surface area contributed by atoms with Gasteiger partial charge >= 0.3 is 0 Å². The highest BCUT2D eigenvalue weighted by molar-refractivity contribution is 5.94. The van der Waals surface area contributed by atoms with Crippen molar-refractivity contribution >= 4 is 17.6 Å². The Balaban J connectivity index is 1.91. The summed E-state index contributed by atoms with van der Waals surface area (Å²) < 4.78 is 5.53. The number of hydrogen-bond donors (Lipinski definition) is 3. The molecule has 2 aromatic rings. The van der Waals surface area contributed by atoms with Crippen LogP contribution in [0.4, 0.5) is 5.69 Å². The van der Waals surface area contributed by atoms with Crippen molar-refractivity contribution in [1.29, 1.82) is 0 Å². The van der Waals surface area contributed by atoms with Crippen molar-refractivity contribution in [3.63, 3.8) is 0 Å². The van der Waals surface area contributed by atoms with Gasteiger partial charge in [-0.1, -0.05) is 19.1 Å². The smallest absolute Gasteiger partial charge is 0.246 e. The zero-order valence-electron chi connectivity index (χ0n) is 15.8. The molecule has 0 aliphatic heterocycles. The number of hydrogen-bond acceptors (Lipinski definition) is 4. The van der Waals surface area contributed by atoms with Gasteiger partial charge in [0.15, 0.2) is 5.96 Å². The van der Waals surface area contributed by atoms with Gasteiger partial charge in [0.2, 0.25) is 11.8 Å². The number of aryl methyl sites for hydroxylation is 3. The summed E-state index contributed by atoms with van der Waals surface area (Å²) in [4.78, 5) is 20.8. The number of carbonyl (C=O) groups excluding carboxylic acids is 1. The van der Waals surface area contributed by atoms with Gasteiger partial charge in [-0.25, -0.2) is 9.98 Å². The summed E-state index contributed by atoms with van der Waals surface area (Å²) in [5, 5.41) is 9.09. The van der Waals surface area contributed by atoms with Gasteiger partial charge in [0.05, 0.1) is 12.2 Å². The highest BCUT2D eigenvalue weighted by Gasteiger charge is 2.07. The van der Waals surface area contributed by atoms with Crippen LogP contribution in [0.3, 0.4) is 0 Å². The number of nitrogens with one attached hydrogen (secondary N) is 3. The van der Waals surface area contributed by atoms with Gasteiger partial charge < -0.3 is 20.4 Å². The van der Waals surface area contributed by atoms with E-state index in [4.69, 9.17) is 4.42 Å². The molecule has 0 aliphatic carbocycles. The SMILES string of the molecule is CCNC(=NCC(=O)Nc1cccc(CC)c1)NCc1nc(C)c(C)o1. The molecule has 1 aromatic heterocycles. The summed E-state index contributed by atoms with van der Waals surface area (Å²) in [6, 6.07) is 7.81. The number of rotatable bonds is 7. The van der Waals surface area contributed by atoms with E-state index in [1.807, 2.05) is 45.0 Å². The number of aliphatic imine (C=N–C) groups is 1. The first-order chi connectivity index (χ1) is 12.5. The molecular weight excluding hydrogens is 330 g/mol. The number of amides is 1. The Labute approximate surface area is 154 Å². The van der Waals surface area contributed by atoms with Crippen molar-refractivity contribution in [1.82, 2.24) is 15.6 Å². The Morgan fingerprint density at radius 3 is 2.69 bits per heavy atom. The molecular formula is C19H27N5O2. The fourth-order valence-electron chi connectivity index (χ4n) is 2.34. The minimum Gasteiger partial charge on any atom is -0.444 e. The molecule has 0 saturated carbocycles. The van der Waals surface area contributed by atoms with E-state index in [2.05, 4.69) is 32.9 Å². The minimum absolute atomic E-state index is 0.0231. The molecule has 7 heteroatoms. The molecule has 0 fully saturated rings. The summed E-state index contributed by atoms with van der Waals surface area (Å²) in [5.74, 6) is 1.76. The highest BCUT2D eigenvalue weighted by atomic mass is 16.4. The summed E-state index contributed by atoms with van der Waals surface area (Å²) in [7, 11) is 0. The Hall–Kier alpha value is -2.83. The van der Waals surface area contributed by atoms with E-state index < -0.39 is 0 Å². The lowest BCUT2D eigenvalue weighted by atomic mass is 10.1. The molecule has 1 aromatic carbocycles. The van der Waals surface area contributed by atoms with Gasteiger partial charge in [0.1, 0.15) is 12.3 Å². The minimum atomic E-state index is -0.168. The quantitative estimate of drug-likeness (QED) is 0.523. The second-order valence-corrected chi connectivity index (χ2v) is 5.90. The summed E-state index contributed by atoms with van der Waals surface area (Å²) >= 11 is 0. The molecule has 0 bridgehead atoms. The lowest BCUT2D eigenvalue weighted by Crippen LogP contribution is -2.37. The van der Waals surface area contributed by atoms with Crippen LogP contribution in [-0.2, 0) is 17.8 Å². The molecule has 1 heterocycles. The molecule has 3 N–H and O–H groups in total. The van der Waals surface area contributed by atoms with Crippen LogP contribution in [0.2, 0.25) is 0 Å². The fraction of sp³-hybridized carbons (Fsp3) is 0.421. The third-order valence-corrected chi connectivity index (χ3v) is 3.82. The Bertz CT molecular complexity index is 748.